The van der Waals surface area contributed by atoms with Gasteiger partial charge in [0, 0.05) is 18.2 Å². The van der Waals surface area contributed by atoms with E-state index in [0.717, 1.165) is 23.6 Å². The first-order chi connectivity index (χ1) is 14.2. The third kappa shape index (κ3) is 9.12. The predicted molar refractivity (Wildman–Crippen MR) is 117 cm³/mol. The lowest BCUT2D eigenvalue weighted by atomic mass is 10.1. The van der Waals surface area contributed by atoms with Crippen LogP contribution < -0.4 is 4.74 Å². The van der Waals surface area contributed by atoms with E-state index in [2.05, 4.69) is 6.92 Å². The van der Waals surface area contributed by atoms with Crippen LogP contribution in [-0.2, 0) is 14.3 Å². The fraction of sp³-hybridized carbons (Fsp3) is 0.520. The Morgan fingerprint density at radius 1 is 0.724 bits per heavy atom. The zero-order chi connectivity index (χ0) is 20.7. The third-order valence-corrected chi connectivity index (χ3v) is 5.00. The summed E-state index contributed by atoms with van der Waals surface area (Å²) in [4.78, 5) is 23.9. The molecule has 29 heavy (non-hydrogen) atoms. The maximum Gasteiger partial charge on any atom is 0.311 e. The molecule has 4 nitrogen and oxygen atoms in total. The maximum atomic E-state index is 12.1. The average molecular weight is 399 g/mol. The van der Waals surface area contributed by atoms with E-state index in [1.165, 1.54) is 38.5 Å². The molecule has 0 aromatic heterocycles. The molecule has 0 aliphatic heterocycles. The molecule has 158 valence electrons. The van der Waals surface area contributed by atoms with Crippen molar-refractivity contribution in [3.63, 3.8) is 0 Å². The molecule has 0 aliphatic rings. The van der Waals surface area contributed by atoms with Crippen molar-refractivity contribution in [2.45, 2.75) is 77.6 Å². The monoisotopic (exact) mass is 398 g/mol. The minimum Gasteiger partial charge on any atom is -0.466 e. The largest absolute Gasteiger partial charge is 0.466 e. The van der Waals surface area contributed by atoms with Crippen LogP contribution in [0.15, 0.2) is 42.5 Å². The summed E-state index contributed by atoms with van der Waals surface area (Å²) in [6, 6.07) is 13.4. The van der Waals surface area contributed by atoms with Gasteiger partial charge in [-0.25, -0.2) is 0 Å². The maximum absolute atomic E-state index is 12.1. The van der Waals surface area contributed by atoms with Crippen LogP contribution in [0.25, 0.3) is 10.8 Å². The summed E-state index contributed by atoms with van der Waals surface area (Å²) in [7, 11) is 0. The first-order valence-corrected chi connectivity index (χ1v) is 11.0. The SMILES string of the molecule is CCCCCCCCCCOC(=O)CCCC(=O)Oc1cccc2ccccc12. The van der Waals surface area contributed by atoms with E-state index in [1.54, 1.807) is 6.07 Å². The fourth-order valence-electron chi connectivity index (χ4n) is 3.33. The summed E-state index contributed by atoms with van der Waals surface area (Å²) < 4.78 is 10.7. The van der Waals surface area contributed by atoms with Gasteiger partial charge in [0.2, 0.25) is 0 Å². The summed E-state index contributed by atoms with van der Waals surface area (Å²) in [5.41, 5.74) is 0. The standard InChI is InChI=1S/C25H34O4/c1-2-3-4-5-6-7-8-11-20-28-24(26)18-13-19-25(27)29-23-17-12-15-21-14-9-10-16-22(21)23/h9-10,12,14-17H,2-8,11,13,18-20H2,1H3. The molecule has 0 unspecified atom stereocenters. The van der Waals surface area contributed by atoms with Gasteiger partial charge in [-0.2, -0.15) is 0 Å². The normalized spacial score (nSPS) is 10.8. The molecule has 0 heterocycles. The molecular weight excluding hydrogens is 364 g/mol. The Morgan fingerprint density at radius 3 is 2.17 bits per heavy atom. The first-order valence-electron chi connectivity index (χ1n) is 11.0. The summed E-state index contributed by atoms with van der Waals surface area (Å²) in [6.45, 7) is 2.70. The molecule has 2 aromatic carbocycles. The number of unbranched alkanes of at least 4 members (excludes halogenated alkanes) is 7. The van der Waals surface area contributed by atoms with Crippen LogP contribution in [0.4, 0.5) is 0 Å². The lowest BCUT2D eigenvalue weighted by Crippen LogP contribution is -2.10. The third-order valence-electron chi connectivity index (χ3n) is 5.00. The van der Waals surface area contributed by atoms with Crippen LogP contribution in [0.5, 0.6) is 5.75 Å². The van der Waals surface area contributed by atoms with Gasteiger partial charge in [0.15, 0.2) is 0 Å². The minimum absolute atomic E-state index is 0.204. The number of benzene rings is 2. The van der Waals surface area contributed by atoms with Gasteiger partial charge in [-0.15, -0.1) is 0 Å². The van der Waals surface area contributed by atoms with Crippen molar-refractivity contribution in [2.24, 2.45) is 0 Å². The second-order valence-electron chi connectivity index (χ2n) is 7.50. The Kier molecular flexibility index (Phi) is 10.9. The van der Waals surface area contributed by atoms with Gasteiger partial charge in [-0.3, -0.25) is 9.59 Å². The second kappa shape index (κ2) is 13.8. The molecule has 0 radical (unpaired) electrons. The second-order valence-corrected chi connectivity index (χ2v) is 7.50. The molecule has 2 rings (SSSR count). The number of carbonyl (C=O) groups excluding carboxylic acids is 2. The first kappa shape index (κ1) is 22.9. The Bertz CT molecular complexity index is 748. The van der Waals surface area contributed by atoms with Crippen LogP contribution in [0.1, 0.15) is 77.6 Å². The van der Waals surface area contributed by atoms with Gasteiger partial charge in [-0.1, -0.05) is 88.3 Å². The molecule has 0 bridgehead atoms. The zero-order valence-electron chi connectivity index (χ0n) is 17.7. The van der Waals surface area contributed by atoms with Crippen LogP contribution >= 0.6 is 0 Å². The lowest BCUT2D eigenvalue weighted by molar-refractivity contribution is -0.144. The van der Waals surface area contributed by atoms with Crippen molar-refractivity contribution < 1.29 is 19.1 Å². The van der Waals surface area contributed by atoms with Gasteiger partial charge in [-0.05, 0) is 24.3 Å². The molecule has 0 aliphatic carbocycles. The van der Waals surface area contributed by atoms with E-state index >= 15 is 0 Å². The molecule has 2 aromatic rings. The molecule has 0 amide bonds. The fourth-order valence-corrected chi connectivity index (χ4v) is 3.33. The quantitative estimate of drug-likeness (QED) is 0.204. The number of hydrogen-bond acceptors (Lipinski definition) is 4. The van der Waals surface area contributed by atoms with Crippen molar-refractivity contribution in [3.8, 4) is 5.75 Å². The van der Waals surface area contributed by atoms with E-state index in [1.807, 2.05) is 36.4 Å². The van der Waals surface area contributed by atoms with Crippen molar-refractivity contribution in [3.05, 3.63) is 42.5 Å². The van der Waals surface area contributed by atoms with E-state index in [9.17, 15) is 9.59 Å². The molecule has 0 saturated heterocycles. The molecule has 0 saturated carbocycles. The lowest BCUT2D eigenvalue weighted by Gasteiger charge is -2.08. The van der Waals surface area contributed by atoms with E-state index in [-0.39, 0.29) is 24.8 Å². The molecule has 0 N–H and O–H groups in total. The summed E-state index contributed by atoms with van der Waals surface area (Å²) in [5, 5.41) is 1.94. The van der Waals surface area contributed by atoms with Gasteiger partial charge in [0.25, 0.3) is 0 Å². The van der Waals surface area contributed by atoms with Gasteiger partial charge in [0.1, 0.15) is 5.75 Å². The van der Waals surface area contributed by atoms with Crippen molar-refractivity contribution >= 4 is 22.7 Å². The van der Waals surface area contributed by atoms with Crippen LogP contribution in [0, 0.1) is 0 Å². The number of rotatable bonds is 14. The highest BCUT2D eigenvalue weighted by atomic mass is 16.5. The van der Waals surface area contributed by atoms with E-state index < -0.39 is 0 Å². The molecule has 0 fully saturated rings. The Balaban J connectivity index is 1.54. The van der Waals surface area contributed by atoms with E-state index in [4.69, 9.17) is 9.47 Å². The topological polar surface area (TPSA) is 52.6 Å². The van der Waals surface area contributed by atoms with Crippen molar-refractivity contribution in [2.75, 3.05) is 6.61 Å². The van der Waals surface area contributed by atoms with Crippen molar-refractivity contribution in [1.29, 1.82) is 0 Å². The smallest absolute Gasteiger partial charge is 0.311 e. The summed E-state index contributed by atoms with van der Waals surface area (Å²) in [5.74, 6) is 0.00787. The molecule has 0 spiro atoms. The van der Waals surface area contributed by atoms with Gasteiger partial charge in [0.05, 0.1) is 6.61 Å². The Morgan fingerprint density at radius 2 is 1.38 bits per heavy atom. The Hall–Kier alpha value is -2.36. The van der Waals surface area contributed by atoms with Crippen LogP contribution in [0.3, 0.4) is 0 Å². The average Bonchev–Trinajstić information content (AvgIpc) is 2.73. The summed E-state index contributed by atoms with van der Waals surface area (Å²) >= 11 is 0. The van der Waals surface area contributed by atoms with Gasteiger partial charge >= 0.3 is 11.9 Å². The number of carbonyl (C=O) groups is 2. The van der Waals surface area contributed by atoms with Crippen molar-refractivity contribution in [1.82, 2.24) is 0 Å². The Labute approximate surface area is 174 Å². The predicted octanol–water partition coefficient (Wildman–Crippen LogP) is 6.60. The number of esters is 2. The number of ether oxygens (including phenoxy) is 2. The highest BCUT2D eigenvalue weighted by Gasteiger charge is 2.10. The van der Waals surface area contributed by atoms with Crippen LogP contribution in [0.2, 0.25) is 0 Å². The highest BCUT2D eigenvalue weighted by molar-refractivity contribution is 5.90. The number of fused-ring (bicyclic) bond motifs is 1. The molecular formula is C25H34O4. The minimum atomic E-state index is -0.322. The van der Waals surface area contributed by atoms with Gasteiger partial charge < -0.3 is 9.47 Å². The van der Waals surface area contributed by atoms with E-state index in [0.29, 0.717) is 18.8 Å². The zero-order valence-corrected chi connectivity index (χ0v) is 17.7. The summed E-state index contributed by atoms with van der Waals surface area (Å²) in [6.07, 6.45) is 10.6. The molecule has 0 atom stereocenters. The highest BCUT2D eigenvalue weighted by Crippen LogP contribution is 2.25. The van der Waals surface area contributed by atoms with Crippen LogP contribution in [-0.4, -0.2) is 18.5 Å². The number of hydrogen-bond donors (Lipinski definition) is 0. The molecule has 4 heteroatoms.